The summed E-state index contributed by atoms with van der Waals surface area (Å²) < 4.78 is 24.9. The Labute approximate surface area is 211 Å². The van der Waals surface area contributed by atoms with Gasteiger partial charge in [-0.05, 0) is 48.4 Å². The van der Waals surface area contributed by atoms with E-state index < -0.39 is 34.4 Å². The number of carbonyl (C=O) groups is 1. The van der Waals surface area contributed by atoms with Gasteiger partial charge in [-0.25, -0.2) is 4.39 Å². The van der Waals surface area contributed by atoms with Gasteiger partial charge in [-0.15, -0.1) is 0 Å². The van der Waals surface area contributed by atoms with Crippen molar-refractivity contribution in [3.63, 3.8) is 0 Å². The first kappa shape index (κ1) is 24.0. The van der Waals surface area contributed by atoms with Gasteiger partial charge in [0.05, 0.1) is 18.1 Å². The van der Waals surface area contributed by atoms with Gasteiger partial charge in [0.15, 0.2) is 17.0 Å². The zero-order valence-corrected chi connectivity index (χ0v) is 20.2. The molecule has 1 saturated heterocycles. The van der Waals surface area contributed by atoms with Gasteiger partial charge >= 0.3 is 0 Å². The maximum Gasteiger partial charge on any atom is 0.256 e. The van der Waals surface area contributed by atoms with Gasteiger partial charge in [-0.3, -0.25) is 20.2 Å². The number of hydrogen-bond donors (Lipinski definition) is 2. The fourth-order valence-corrected chi connectivity index (χ4v) is 5.68. The summed E-state index contributed by atoms with van der Waals surface area (Å²) in [7, 11) is 1.44. The Morgan fingerprint density at radius 2 is 1.94 bits per heavy atom. The van der Waals surface area contributed by atoms with E-state index in [1.807, 2.05) is 0 Å². The van der Waals surface area contributed by atoms with Crippen molar-refractivity contribution >= 4 is 23.2 Å². The van der Waals surface area contributed by atoms with Crippen LogP contribution in [0.25, 0.3) is 0 Å². The fourth-order valence-electron chi connectivity index (χ4n) is 5.41. The maximum atomic E-state index is 13.5. The van der Waals surface area contributed by atoms with Gasteiger partial charge in [0, 0.05) is 22.2 Å². The average molecular weight is 512 g/mol. The summed E-state index contributed by atoms with van der Waals surface area (Å²) in [5, 5.41) is 18.7. The van der Waals surface area contributed by atoms with Gasteiger partial charge in [0.25, 0.3) is 11.9 Å². The van der Waals surface area contributed by atoms with Crippen LogP contribution in [-0.2, 0) is 16.9 Å². The summed E-state index contributed by atoms with van der Waals surface area (Å²) in [6, 6.07) is 14.4. The lowest BCUT2D eigenvalue weighted by molar-refractivity contribution is -0.532. The lowest BCUT2D eigenvalue weighted by Gasteiger charge is -2.25. The molecule has 186 valence electrons. The maximum absolute atomic E-state index is 13.5. The minimum absolute atomic E-state index is 0.0478. The number of halogens is 2. The van der Waals surface area contributed by atoms with E-state index in [9.17, 15) is 19.3 Å². The Morgan fingerprint density at radius 3 is 2.67 bits per heavy atom. The molecule has 2 N–H and O–H groups in total. The number of nitro groups is 1. The van der Waals surface area contributed by atoms with Crippen molar-refractivity contribution in [1.82, 2.24) is 5.32 Å². The van der Waals surface area contributed by atoms with Gasteiger partial charge in [0.1, 0.15) is 12.4 Å². The molecule has 10 heteroatoms. The van der Waals surface area contributed by atoms with Crippen LogP contribution in [0.4, 0.5) is 10.1 Å². The standard InChI is InChI=1S/C26H23ClFN3O5/c1-14-22(24(31(33)34)26(30-14)18-8-3-4-9-20(18)29-25(26)32)16-11-19(27)23(21(12-16)35-2)36-13-15-6-5-7-17(28)10-15/h3-12,14,22,24,30H,13H2,1-2H3,(H,29,32)/t14-,22-,24+,26+/m0/s1. The molecule has 3 aromatic carbocycles. The Kier molecular flexibility index (Phi) is 6.05. The first-order chi connectivity index (χ1) is 17.3. The molecule has 2 aliphatic rings. The number of para-hydroxylation sites is 1. The first-order valence-electron chi connectivity index (χ1n) is 11.3. The highest BCUT2D eigenvalue weighted by Crippen LogP contribution is 2.51. The number of nitrogens with zero attached hydrogens (tertiary/aromatic N) is 1. The number of benzene rings is 3. The third-order valence-corrected chi connectivity index (χ3v) is 7.15. The topological polar surface area (TPSA) is 103 Å². The summed E-state index contributed by atoms with van der Waals surface area (Å²) >= 11 is 6.58. The van der Waals surface area contributed by atoms with E-state index in [0.717, 1.165) is 0 Å². The zero-order valence-electron chi connectivity index (χ0n) is 19.5. The zero-order chi connectivity index (χ0) is 25.6. The SMILES string of the molecule is COc1cc([C@@H]2[C@H](C)N[C@@]3(C(=O)Nc4ccccc43)[C@@H]2[N+](=O)[O-])cc(Cl)c1OCc1cccc(F)c1. The summed E-state index contributed by atoms with van der Waals surface area (Å²) in [6.45, 7) is 1.85. The first-order valence-corrected chi connectivity index (χ1v) is 11.7. The van der Waals surface area contributed by atoms with Gasteiger partial charge in [0.2, 0.25) is 0 Å². The molecule has 0 aliphatic carbocycles. The number of hydrogen-bond acceptors (Lipinski definition) is 6. The van der Waals surface area contributed by atoms with E-state index in [1.165, 1.54) is 19.2 Å². The monoisotopic (exact) mass is 511 g/mol. The summed E-state index contributed by atoms with van der Waals surface area (Å²) in [4.78, 5) is 25.3. The Bertz CT molecular complexity index is 1370. The van der Waals surface area contributed by atoms with Crippen molar-refractivity contribution in [2.24, 2.45) is 0 Å². The molecule has 2 aliphatic heterocycles. The normalized spacial score (nSPS) is 24.4. The highest BCUT2D eigenvalue weighted by atomic mass is 35.5. The molecule has 1 amide bonds. The van der Waals surface area contributed by atoms with Crippen molar-refractivity contribution < 1.29 is 23.6 Å². The molecular weight excluding hydrogens is 489 g/mol. The molecule has 2 heterocycles. The van der Waals surface area contributed by atoms with E-state index >= 15 is 0 Å². The summed E-state index contributed by atoms with van der Waals surface area (Å²) in [5.41, 5.74) is 0.694. The molecule has 8 nitrogen and oxygen atoms in total. The van der Waals surface area contributed by atoms with Crippen LogP contribution in [0.3, 0.4) is 0 Å². The number of ether oxygens (including phenoxy) is 2. The van der Waals surface area contributed by atoms with Crippen molar-refractivity contribution in [3.8, 4) is 11.5 Å². The second-order valence-electron chi connectivity index (χ2n) is 8.95. The third-order valence-electron chi connectivity index (χ3n) is 6.87. The molecule has 0 unspecified atom stereocenters. The Hall–Kier alpha value is -3.69. The molecule has 36 heavy (non-hydrogen) atoms. The van der Waals surface area contributed by atoms with E-state index in [2.05, 4.69) is 10.6 Å². The van der Waals surface area contributed by atoms with Crippen LogP contribution in [0.5, 0.6) is 11.5 Å². The Balaban J connectivity index is 1.53. The number of carbonyl (C=O) groups excluding carboxylic acids is 1. The predicted molar refractivity (Wildman–Crippen MR) is 132 cm³/mol. The molecule has 0 bridgehead atoms. The average Bonchev–Trinajstić information content (AvgIpc) is 3.31. The van der Waals surface area contributed by atoms with Crippen LogP contribution in [0.1, 0.15) is 29.5 Å². The van der Waals surface area contributed by atoms with Crippen LogP contribution in [0.2, 0.25) is 5.02 Å². The third kappa shape index (κ3) is 3.75. The quantitative estimate of drug-likeness (QED) is 0.369. The minimum Gasteiger partial charge on any atom is -0.493 e. The second-order valence-corrected chi connectivity index (χ2v) is 9.36. The van der Waals surface area contributed by atoms with Crippen molar-refractivity contribution in [2.45, 2.75) is 37.1 Å². The van der Waals surface area contributed by atoms with Crippen molar-refractivity contribution in [3.05, 3.63) is 98.3 Å². The number of amides is 1. The Morgan fingerprint density at radius 1 is 1.17 bits per heavy atom. The van der Waals surface area contributed by atoms with E-state index in [4.69, 9.17) is 21.1 Å². The largest absolute Gasteiger partial charge is 0.493 e. The molecule has 0 radical (unpaired) electrons. The smallest absolute Gasteiger partial charge is 0.256 e. The highest BCUT2D eigenvalue weighted by Gasteiger charge is 2.67. The van der Waals surface area contributed by atoms with Crippen LogP contribution in [0, 0.1) is 15.9 Å². The van der Waals surface area contributed by atoms with Crippen LogP contribution in [-0.4, -0.2) is 30.0 Å². The summed E-state index contributed by atoms with van der Waals surface area (Å²) in [5.74, 6) is -1.04. The van der Waals surface area contributed by atoms with Gasteiger partial charge < -0.3 is 14.8 Å². The molecule has 0 aromatic heterocycles. The van der Waals surface area contributed by atoms with Crippen LogP contribution >= 0.6 is 11.6 Å². The summed E-state index contributed by atoms with van der Waals surface area (Å²) in [6.07, 6.45) is 0. The molecule has 5 rings (SSSR count). The number of nitrogens with one attached hydrogen (secondary N) is 2. The molecule has 4 atom stereocenters. The lowest BCUT2D eigenvalue weighted by atomic mass is 9.78. The highest BCUT2D eigenvalue weighted by molar-refractivity contribution is 6.32. The fraction of sp³-hybridized carbons (Fsp3) is 0.269. The van der Waals surface area contributed by atoms with Crippen molar-refractivity contribution in [2.75, 3.05) is 12.4 Å². The number of fused-ring (bicyclic) bond motifs is 2. The molecule has 1 spiro atoms. The number of methoxy groups -OCH3 is 1. The minimum atomic E-state index is -1.53. The molecule has 3 aromatic rings. The van der Waals surface area contributed by atoms with Crippen LogP contribution in [0.15, 0.2) is 60.7 Å². The molecular formula is C26H23ClFN3O5. The van der Waals surface area contributed by atoms with E-state index in [-0.39, 0.29) is 28.9 Å². The van der Waals surface area contributed by atoms with Gasteiger partial charge in [-0.2, -0.15) is 0 Å². The second kappa shape index (κ2) is 9.07. The van der Waals surface area contributed by atoms with E-state index in [1.54, 1.807) is 55.5 Å². The molecule has 1 fully saturated rings. The lowest BCUT2D eigenvalue weighted by Crippen LogP contribution is -2.54. The van der Waals surface area contributed by atoms with Gasteiger partial charge in [-0.1, -0.05) is 41.9 Å². The van der Waals surface area contributed by atoms with Crippen molar-refractivity contribution in [1.29, 1.82) is 0 Å². The predicted octanol–water partition coefficient (Wildman–Crippen LogP) is 4.63. The molecule has 0 saturated carbocycles. The van der Waals surface area contributed by atoms with E-state index in [0.29, 0.717) is 22.4 Å². The number of rotatable bonds is 6. The number of anilines is 1. The van der Waals surface area contributed by atoms with Crippen LogP contribution < -0.4 is 20.1 Å².